The number of nitrogens with one attached hydrogen (secondary N) is 1. The van der Waals surface area contributed by atoms with Crippen molar-refractivity contribution in [2.45, 2.75) is 45.1 Å². The van der Waals surface area contributed by atoms with Crippen molar-refractivity contribution in [3.8, 4) is 0 Å². The molecule has 1 fully saturated rings. The summed E-state index contributed by atoms with van der Waals surface area (Å²) in [5.74, 6) is 0.513. The second-order valence-electron chi connectivity index (χ2n) is 5.11. The van der Waals surface area contributed by atoms with Crippen molar-refractivity contribution in [3.63, 3.8) is 0 Å². The number of hydrogen-bond acceptors (Lipinski definition) is 3. The Morgan fingerprint density at radius 2 is 2.22 bits per heavy atom. The fraction of sp³-hybridized carbons (Fsp3) is 0.692. The van der Waals surface area contributed by atoms with Crippen LogP contribution in [-0.4, -0.2) is 22.2 Å². The van der Waals surface area contributed by atoms with Crippen LogP contribution in [0.1, 0.15) is 38.5 Å². The summed E-state index contributed by atoms with van der Waals surface area (Å²) in [4.78, 5) is 10.7. The molecule has 1 aliphatic carbocycles. The molecular formula is C13H22N4O. The normalized spacial score (nSPS) is 16.7. The summed E-state index contributed by atoms with van der Waals surface area (Å²) < 4.78 is 1.56. The Hall–Kier alpha value is -1.52. The fourth-order valence-electron chi connectivity index (χ4n) is 2.60. The number of nitrogens with zero attached hydrogens (tertiary/aromatic N) is 2. The molecule has 0 bridgehead atoms. The van der Waals surface area contributed by atoms with Gasteiger partial charge in [0.25, 0.3) is 0 Å². The fourth-order valence-corrected chi connectivity index (χ4v) is 2.60. The predicted molar refractivity (Wildman–Crippen MR) is 71.1 cm³/mol. The Morgan fingerprint density at radius 1 is 1.44 bits per heavy atom. The van der Waals surface area contributed by atoms with Gasteiger partial charge in [-0.3, -0.25) is 9.48 Å². The van der Waals surface area contributed by atoms with Gasteiger partial charge < -0.3 is 11.1 Å². The maximum absolute atomic E-state index is 10.7. The summed E-state index contributed by atoms with van der Waals surface area (Å²) in [5, 5.41) is 7.43. The first kappa shape index (κ1) is 12.9. The molecule has 0 atom stereocenters. The molecule has 1 saturated carbocycles. The van der Waals surface area contributed by atoms with E-state index in [1.165, 1.54) is 38.5 Å². The van der Waals surface area contributed by atoms with Crippen LogP contribution in [0.5, 0.6) is 0 Å². The summed E-state index contributed by atoms with van der Waals surface area (Å²) >= 11 is 0. The smallest absolute Gasteiger partial charge is 0.239 e. The van der Waals surface area contributed by atoms with Gasteiger partial charge in [-0.25, -0.2) is 0 Å². The van der Waals surface area contributed by atoms with Crippen LogP contribution in [0.15, 0.2) is 12.4 Å². The summed E-state index contributed by atoms with van der Waals surface area (Å²) in [5.41, 5.74) is 6.08. The minimum atomic E-state index is -0.369. The van der Waals surface area contributed by atoms with Crippen LogP contribution >= 0.6 is 0 Å². The Morgan fingerprint density at radius 3 is 2.94 bits per heavy atom. The van der Waals surface area contributed by atoms with Crippen molar-refractivity contribution in [3.05, 3.63) is 12.4 Å². The van der Waals surface area contributed by atoms with E-state index in [0.29, 0.717) is 0 Å². The lowest BCUT2D eigenvalue weighted by atomic mass is 9.87. The largest absolute Gasteiger partial charge is 0.383 e. The van der Waals surface area contributed by atoms with Gasteiger partial charge in [0, 0.05) is 12.7 Å². The van der Waals surface area contributed by atoms with E-state index in [1.54, 1.807) is 10.9 Å². The van der Waals surface area contributed by atoms with E-state index in [9.17, 15) is 4.79 Å². The molecule has 1 aliphatic rings. The molecule has 0 saturated heterocycles. The highest BCUT2D eigenvalue weighted by Crippen LogP contribution is 2.26. The summed E-state index contributed by atoms with van der Waals surface area (Å²) in [7, 11) is 0. The highest BCUT2D eigenvalue weighted by atomic mass is 16.1. The standard InChI is InChI=1S/C13H22N4O/c14-13(18)10-17-9-12(8-16-17)15-7-6-11-4-2-1-3-5-11/h8-9,11,15H,1-7,10H2,(H2,14,18). The van der Waals surface area contributed by atoms with Gasteiger partial charge in [0.2, 0.25) is 5.91 Å². The molecular weight excluding hydrogens is 228 g/mol. The van der Waals surface area contributed by atoms with E-state index in [2.05, 4.69) is 10.4 Å². The lowest BCUT2D eigenvalue weighted by Crippen LogP contribution is -2.18. The van der Waals surface area contributed by atoms with Crippen molar-refractivity contribution in [2.75, 3.05) is 11.9 Å². The molecule has 0 radical (unpaired) electrons. The van der Waals surface area contributed by atoms with Gasteiger partial charge >= 0.3 is 0 Å². The molecule has 2 rings (SSSR count). The number of rotatable bonds is 6. The van der Waals surface area contributed by atoms with Crippen molar-refractivity contribution in [1.29, 1.82) is 0 Å². The van der Waals surface area contributed by atoms with Gasteiger partial charge in [-0.05, 0) is 12.3 Å². The van der Waals surface area contributed by atoms with Crippen molar-refractivity contribution >= 4 is 11.6 Å². The molecule has 1 amide bonds. The van der Waals surface area contributed by atoms with E-state index in [4.69, 9.17) is 5.73 Å². The molecule has 1 heterocycles. The Labute approximate surface area is 108 Å². The highest BCUT2D eigenvalue weighted by molar-refractivity contribution is 5.73. The topological polar surface area (TPSA) is 72.9 Å². The average Bonchev–Trinajstić information content (AvgIpc) is 2.77. The van der Waals surface area contributed by atoms with Crippen LogP contribution in [0.3, 0.4) is 0 Å². The first-order valence-electron chi connectivity index (χ1n) is 6.78. The lowest BCUT2D eigenvalue weighted by Gasteiger charge is -2.21. The summed E-state index contributed by atoms with van der Waals surface area (Å²) in [6.45, 7) is 1.12. The van der Waals surface area contributed by atoms with Gasteiger partial charge in [-0.15, -0.1) is 0 Å². The van der Waals surface area contributed by atoms with Crippen molar-refractivity contribution < 1.29 is 4.79 Å². The number of nitrogens with two attached hydrogens (primary N) is 1. The molecule has 0 unspecified atom stereocenters. The Bertz CT molecular complexity index is 382. The van der Waals surface area contributed by atoms with E-state index in [-0.39, 0.29) is 12.5 Å². The monoisotopic (exact) mass is 250 g/mol. The Kier molecular flexibility index (Phi) is 4.61. The molecule has 100 valence electrons. The average molecular weight is 250 g/mol. The van der Waals surface area contributed by atoms with Crippen LogP contribution in [0, 0.1) is 5.92 Å². The summed E-state index contributed by atoms with van der Waals surface area (Å²) in [6.07, 6.45) is 11.7. The zero-order chi connectivity index (χ0) is 12.8. The van der Waals surface area contributed by atoms with Crippen LogP contribution in [0.2, 0.25) is 0 Å². The maximum atomic E-state index is 10.7. The summed E-state index contributed by atoms with van der Waals surface area (Å²) in [6, 6.07) is 0. The highest BCUT2D eigenvalue weighted by Gasteiger charge is 2.12. The van der Waals surface area contributed by atoms with Crippen LogP contribution in [-0.2, 0) is 11.3 Å². The minimum absolute atomic E-state index is 0.143. The maximum Gasteiger partial charge on any atom is 0.239 e. The molecule has 18 heavy (non-hydrogen) atoms. The van der Waals surface area contributed by atoms with Crippen molar-refractivity contribution in [2.24, 2.45) is 11.7 Å². The molecule has 0 spiro atoms. The van der Waals surface area contributed by atoms with Gasteiger partial charge in [0.15, 0.2) is 0 Å². The zero-order valence-corrected chi connectivity index (χ0v) is 10.8. The third-order valence-electron chi connectivity index (χ3n) is 3.56. The predicted octanol–water partition coefficient (Wildman–Crippen LogP) is 1.75. The number of carbonyl (C=O) groups is 1. The minimum Gasteiger partial charge on any atom is -0.383 e. The van der Waals surface area contributed by atoms with Gasteiger partial charge in [-0.1, -0.05) is 32.1 Å². The second-order valence-corrected chi connectivity index (χ2v) is 5.11. The quantitative estimate of drug-likeness (QED) is 0.808. The molecule has 3 N–H and O–H groups in total. The third-order valence-corrected chi connectivity index (χ3v) is 3.56. The molecule has 0 aliphatic heterocycles. The molecule has 5 heteroatoms. The first-order chi connectivity index (χ1) is 8.74. The van der Waals surface area contributed by atoms with E-state index in [1.807, 2.05) is 6.20 Å². The molecule has 0 aromatic carbocycles. The van der Waals surface area contributed by atoms with Crippen LogP contribution in [0.25, 0.3) is 0 Å². The van der Waals surface area contributed by atoms with Gasteiger partial charge in [0.1, 0.15) is 6.54 Å². The SMILES string of the molecule is NC(=O)Cn1cc(NCCC2CCCCC2)cn1. The number of amides is 1. The number of anilines is 1. The number of carbonyl (C=O) groups excluding carboxylic acids is 1. The molecule has 1 aromatic rings. The van der Waals surface area contributed by atoms with Crippen LogP contribution in [0.4, 0.5) is 5.69 Å². The van der Waals surface area contributed by atoms with Gasteiger partial charge in [-0.2, -0.15) is 5.10 Å². The first-order valence-corrected chi connectivity index (χ1v) is 6.78. The van der Waals surface area contributed by atoms with E-state index < -0.39 is 0 Å². The third kappa shape index (κ3) is 4.05. The number of aromatic nitrogens is 2. The van der Waals surface area contributed by atoms with Gasteiger partial charge in [0.05, 0.1) is 11.9 Å². The van der Waals surface area contributed by atoms with Crippen LogP contribution < -0.4 is 11.1 Å². The van der Waals surface area contributed by atoms with E-state index >= 15 is 0 Å². The number of hydrogen-bond donors (Lipinski definition) is 2. The Balaban J connectivity index is 1.69. The second kappa shape index (κ2) is 6.42. The lowest BCUT2D eigenvalue weighted by molar-refractivity contribution is -0.118. The van der Waals surface area contributed by atoms with Crippen molar-refractivity contribution in [1.82, 2.24) is 9.78 Å². The molecule has 1 aromatic heterocycles. The van der Waals surface area contributed by atoms with E-state index in [0.717, 1.165) is 18.2 Å². The number of primary amides is 1. The molecule has 5 nitrogen and oxygen atoms in total. The zero-order valence-electron chi connectivity index (χ0n) is 10.8.